The van der Waals surface area contributed by atoms with Gasteiger partial charge in [-0.2, -0.15) is 26.3 Å². The summed E-state index contributed by atoms with van der Waals surface area (Å²) < 4.78 is 87.2. The molecular formula is C24H25F6N3O3. The van der Waals surface area contributed by atoms with Gasteiger partial charge in [-0.25, -0.2) is 9.78 Å². The Balaban J connectivity index is 1.83. The number of aliphatic hydroxyl groups is 1. The average Bonchev–Trinajstić information content (AvgIpc) is 2.93. The lowest BCUT2D eigenvalue weighted by atomic mass is 10.1. The fraction of sp³-hybridized carbons (Fsp3) is 0.500. The van der Waals surface area contributed by atoms with Crippen LogP contribution in [0.3, 0.4) is 0 Å². The number of nitrogens with zero attached hydrogens (tertiary/aromatic N) is 3. The highest BCUT2D eigenvalue weighted by Gasteiger charge is 2.36. The van der Waals surface area contributed by atoms with E-state index in [9.17, 15) is 36.2 Å². The number of aliphatic hydroxyl groups excluding tert-OH is 1. The molecule has 3 aromatic rings. The van der Waals surface area contributed by atoms with Crippen molar-refractivity contribution in [3.8, 4) is 0 Å². The highest BCUT2D eigenvalue weighted by Crippen LogP contribution is 2.40. The lowest BCUT2D eigenvalue weighted by Crippen LogP contribution is -2.37. The molecule has 1 aliphatic rings. The van der Waals surface area contributed by atoms with E-state index in [1.165, 1.54) is 15.5 Å². The molecule has 1 fully saturated rings. The number of benzene rings is 1. The van der Waals surface area contributed by atoms with E-state index >= 15 is 0 Å². The summed E-state index contributed by atoms with van der Waals surface area (Å²) in [6.45, 7) is 5.49. The molecule has 6 nitrogen and oxygen atoms in total. The Kier molecular flexibility index (Phi) is 6.39. The topological polar surface area (TPSA) is 67.6 Å². The molecule has 0 spiro atoms. The Morgan fingerprint density at radius 2 is 1.58 bits per heavy atom. The van der Waals surface area contributed by atoms with Crippen molar-refractivity contribution in [2.24, 2.45) is 0 Å². The molecule has 0 radical (unpaired) electrons. The smallest absolute Gasteiger partial charge is 0.417 e. The van der Waals surface area contributed by atoms with E-state index in [0.29, 0.717) is 6.20 Å². The number of aromatic nitrogens is 2. The fourth-order valence-electron chi connectivity index (χ4n) is 4.47. The molecule has 36 heavy (non-hydrogen) atoms. The summed E-state index contributed by atoms with van der Waals surface area (Å²) in [7, 11) is 0. The summed E-state index contributed by atoms with van der Waals surface area (Å²) in [5.74, 6) is 0. The molecule has 1 aromatic carbocycles. The zero-order chi connectivity index (χ0) is 26.6. The van der Waals surface area contributed by atoms with Gasteiger partial charge in [-0.15, -0.1) is 0 Å². The van der Waals surface area contributed by atoms with Crippen LogP contribution in [0.4, 0.5) is 31.1 Å². The number of hydrogen-bond donors (Lipinski definition) is 1. The molecule has 1 amide bonds. The Labute approximate surface area is 202 Å². The van der Waals surface area contributed by atoms with Gasteiger partial charge in [0.25, 0.3) is 0 Å². The Morgan fingerprint density at radius 3 is 2.19 bits per heavy atom. The van der Waals surface area contributed by atoms with Crippen molar-refractivity contribution in [3.05, 3.63) is 41.6 Å². The van der Waals surface area contributed by atoms with Crippen molar-refractivity contribution < 1.29 is 41.0 Å². The van der Waals surface area contributed by atoms with Crippen LogP contribution in [0.25, 0.3) is 21.9 Å². The minimum absolute atomic E-state index is 0.0205. The van der Waals surface area contributed by atoms with Gasteiger partial charge in [0, 0.05) is 30.1 Å². The van der Waals surface area contributed by atoms with E-state index in [-0.39, 0.29) is 47.9 Å². The third-order valence-electron chi connectivity index (χ3n) is 6.11. The number of hydrogen-bond acceptors (Lipinski definition) is 4. The predicted octanol–water partition coefficient (Wildman–Crippen LogP) is 6.16. The molecule has 1 N–H and O–H groups in total. The molecule has 4 rings (SSSR count). The number of likely N-dealkylation sites (tertiary alicyclic amines) is 1. The zero-order valence-electron chi connectivity index (χ0n) is 19.7. The normalized spacial score (nSPS) is 20.1. The van der Waals surface area contributed by atoms with Gasteiger partial charge in [-0.05, 0) is 57.9 Å². The number of carbonyl (C=O) groups is 1. The van der Waals surface area contributed by atoms with Crippen LogP contribution in [0.15, 0.2) is 30.5 Å². The SMILES string of the molecule is CC(C)(C)OC(=O)N1CC[C@@H](O)[C@H](n2c3ccc(C(F)(F)F)cc3c3cc(C(F)(F)F)cnc32)CC1. The van der Waals surface area contributed by atoms with Crippen LogP contribution in [0.2, 0.25) is 0 Å². The summed E-state index contributed by atoms with van der Waals surface area (Å²) in [5, 5.41) is 10.8. The largest absolute Gasteiger partial charge is 0.444 e. The summed E-state index contributed by atoms with van der Waals surface area (Å²) in [4.78, 5) is 17.9. The molecule has 0 bridgehead atoms. The molecule has 1 aliphatic heterocycles. The van der Waals surface area contributed by atoms with Crippen LogP contribution in [0.5, 0.6) is 0 Å². The van der Waals surface area contributed by atoms with Gasteiger partial charge >= 0.3 is 18.4 Å². The maximum atomic E-state index is 13.4. The minimum atomic E-state index is -4.74. The van der Waals surface area contributed by atoms with Gasteiger partial charge in [0.05, 0.1) is 28.8 Å². The van der Waals surface area contributed by atoms with Crippen molar-refractivity contribution in [2.45, 2.75) is 63.7 Å². The number of ether oxygens (including phenoxy) is 1. The summed E-state index contributed by atoms with van der Waals surface area (Å²) in [5.41, 5.74) is -2.61. The first-order valence-electron chi connectivity index (χ1n) is 11.3. The van der Waals surface area contributed by atoms with Crippen LogP contribution in [0.1, 0.15) is 50.8 Å². The quantitative estimate of drug-likeness (QED) is 0.393. The monoisotopic (exact) mass is 517 g/mol. The first kappa shape index (κ1) is 26.1. The predicted molar refractivity (Wildman–Crippen MR) is 119 cm³/mol. The standard InChI is InChI=1S/C24H25F6N3O3/c1-22(2,3)36-21(35)32-8-6-18(19(34)7-9-32)33-17-5-4-13(23(25,26)27)10-15(17)16-11-14(24(28,29)30)12-31-20(16)33/h4-5,10-12,18-19,34H,6-9H2,1-3H3/t18-,19-/m1/s1. The van der Waals surface area contributed by atoms with Gasteiger partial charge in [-0.1, -0.05) is 0 Å². The zero-order valence-corrected chi connectivity index (χ0v) is 19.7. The highest BCUT2D eigenvalue weighted by molar-refractivity contribution is 6.07. The Hall–Kier alpha value is -3.02. The van der Waals surface area contributed by atoms with Gasteiger partial charge in [0.1, 0.15) is 11.2 Å². The van der Waals surface area contributed by atoms with Crippen molar-refractivity contribution in [1.82, 2.24) is 14.5 Å². The first-order chi connectivity index (χ1) is 16.6. The van der Waals surface area contributed by atoms with Crippen molar-refractivity contribution >= 4 is 28.0 Å². The summed E-state index contributed by atoms with van der Waals surface area (Å²) in [6.07, 6.45) is -10.1. The molecule has 0 saturated carbocycles. The number of amides is 1. The second kappa shape index (κ2) is 8.82. The summed E-state index contributed by atoms with van der Waals surface area (Å²) >= 11 is 0. The lowest BCUT2D eigenvalue weighted by molar-refractivity contribution is -0.138. The number of rotatable bonds is 1. The molecule has 1 saturated heterocycles. The van der Waals surface area contributed by atoms with Gasteiger partial charge in [0.15, 0.2) is 0 Å². The molecule has 12 heteroatoms. The fourth-order valence-corrected chi connectivity index (χ4v) is 4.47. The van der Waals surface area contributed by atoms with Crippen LogP contribution >= 0.6 is 0 Å². The Bertz CT molecular complexity index is 1220. The van der Waals surface area contributed by atoms with Crippen LogP contribution < -0.4 is 0 Å². The number of fused-ring (bicyclic) bond motifs is 3. The third-order valence-corrected chi connectivity index (χ3v) is 6.11. The molecule has 196 valence electrons. The molecule has 0 unspecified atom stereocenters. The second-order valence-corrected chi connectivity index (χ2v) is 9.87. The van der Waals surface area contributed by atoms with Crippen LogP contribution in [-0.2, 0) is 17.1 Å². The van der Waals surface area contributed by atoms with Gasteiger partial charge in [-0.3, -0.25) is 0 Å². The van der Waals surface area contributed by atoms with Gasteiger partial charge in [0.2, 0.25) is 0 Å². The number of pyridine rings is 1. The minimum Gasteiger partial charge on any atom is -0.444 e. The molecule has 2 atom stereocenters. The van der Waals surface area contributed by atoms with Crippen molar-refractivity contribution in [1.29, 1.82) is 0 Å². The molecule has 3 heterocycles. The van der Waals surface area contributed by atoms with E-state index in [1.54, 1.807) is 20.8 Å². The average molecular weight is 517 g/mol. The van der Waals surface area contributed by atoms with Crippen LogP contribution in [-0.4, -0.2) is 50.4 Å². The van der Waals surface area contributed by atoms with Crippen molar-refractivity contribution in [2.75, 3.05) is 13.1 Å². The first-order valence-corrected chi connectivity index (χ1v) is 11.3. The lowest BCUT2D eigenvalue weighted by Gasteiger charge is -2.26. The van der Waals surface area contributed by atoms with E-state index in [4.69, 9.17) is 4.74 Å². The molecule has 2 aromatic heterocycles. The Morgan fingerprint density at radius 1 is 0.972 bits per heavy atom. The maximum absolute atomic E-state index is 13.4. The highest BCUT2D eigenvalue weighted by atomic mass is 19.4. The maximum Gasteiger partial charge on any atom is 0.417 e. The molecular weight excluding hydrogens is 492 g/mol. The van der Waals surface area contributed by atoms with E-state index in [0.717, 1.165) is 18.2 Å². The molecule has 0 aliphatic carbocycles. The van der Waals surface area contributed by atoms with Gasteiger partial charge < -0.3 is 19.3 Å². The second-order valence-electron chi connectivity index (χ2n) is 9.87. The van der Waals surface area contributed by atoms with E-state index in [1.807, 2.05) is 0 Å². The van der Waals surface area contributed by atoms with E-state index in [2.05, 4.69) is 4.98 Å². The summed E-state index contributed by atoms with van der Waals surface area (Å²) in [6, 6.07) is 2.84. The third kappa shape index (κ3) is 5.09. The van der Waals surface area contributed by atoms with Crippen molar-refractivity contribution in [3.63, 3.8) is 0 Å². The van der Waals surface area contributed by atoms with Crippen LogP contribution in [0, 0.1) is 0 Å². The number of alkyl halides is 6. The number of halogens is 6. The number of carbonyl (C=O) groups excluding carboxylic acids is 1. The van der Waals surface area contributed by atoms with E-state index < -0.39 is 47.3 Å².